The van der Waals surface area contributed by atoms with Gasteiger partial charge in [0.1, 0.15) is 0 Å². The van der Waals surface area contributed by atoms with Gasteiger partial charge < -0.3 is 5.73 Å². The van der Waals surface area contributed by atoms with E-state index < -0.39 is 17.5 Å². The van der Waals surface area contributed by atoms with Gasteiger partial charge in [-0.05, 0) is 12.8 Å². The molecule has 1 saturated carbocycles. The molecule has 14 heavy (non-hydrogen) atoms. The normalized spacial score (nSPS) is 21.9. The van der Waals surface area contributed by atoms with Gasteiger partial charge in [-0.2, -0.15) is 13.2 Å². The Morgan fingerprint density at radius 1 is 1.21 bits per heavy atom. The van der Waals surface area contributed by atoms with Crippen LogP contribution < -0.4 is 5.73 Å². The first-order chi connectivity index (χ1) is 6.36. The summed E-state index contributed by atoms with van der Waals surface area (Å²) in [5.74, 6) is -0.852. The molecular formula is C9H13F3NO. The Kier molecular flexibility index (Phi) is 3.07. The number of primary amides is 1. The van der Waals surface area contributed by atoms with E-state index in [0.717, 1.165) is 6.42 Å². The molecule has 0 aromatic rings. The molecule has 0 spiro atoms. The monoisotopic (exact) mass is 208 g/mol. The number of carbonyl (C=O) groups excluding carboxylic acids is 1. The zero-order valence-corrected chi connectivity index (χ0v) is 7.73. The molecule has 0 heterocycles. The average Bonchev–Trinajstić information content (AvgIpc) is 2.02. The number of hydrogen-bond donors (Lipinski definition) is 1. The van der Waals surface area contributed by atoms with E-state index in [-0.39, 0.29) is 19.3 Å². The van der Waals surface area contributed by atoms with Crippen molar-refractivity contribution in [3.63, 3.8) is 0 Å². The molecule has 0 atom stereocenters. The Balaban J connectivity index is 2.76. The third kappa shape index (κ3) is 2.62. The van der Waals surface area contributed by atoms with Crippen molar-refractivity contribution in [1.29, 1.82) is 0 Å². The lowest BCUT2D eigenvalue weighted by Crippen LogP contribution is -2.42. The van der Waals surface area contributed by atoms with Crippen LogP contribution in [0.2, 0.25) is 0 Å². The summed E-state index contributed by atoms with van der Waals surface area (Å²) in [5.41, 5.74) is 3.59. The Morgan fingerprint density at radius 3 is 2.07 bits per heavy atom. The molecule has 81 valence electrons. The third-order valence-corrected chi connectivity index (χ3v) is 2.68. The van der Waals surface area contributed by atoms with E-state index in [0.29, 0.717) is 12.8 Å². The quantitative estimate of drug-likeness (QED) is 0.742. The summed E-state index contributed by atoms with van der Waals surface area (Å²) in [6, 6.07) is 0. The fourth-order valence-corrected chi connectivity index (χ4v) is 1.96. The van der Waals surface area contributed by atoms with Crippen molar-refractivity contribution in [3.8, 4) is 0 Å². The first-order valence-corrected chi connectivity index (χ1v) is 4.59. The van der Waals surface area contributed by atoms with Gasteiger partial charge >= 0.3 is 6.18 Å². The molecule has 2 nitrogen and oxygen atoms in total. The molecule has 1 aliphatic rings. The highest BCUT2D eigenvalue weighted by atomic mass is 19.4. The summed E-state index contributed by atoms with van der Waals surface area (Å²) in [6.07, 6.45) is -1.66. The largest absolute Gasteiger partial charge is 0.393 e. The van der Waals surface area contributed by atoms with Crippen LogP contribution >= 0.6 is 0 Å². The lowest BCUT2D eigenvalue weighted by Gasteiger charge is -2.34. The van der Waals surface area contributed by atoms with Gasteiger partial charge in [-0.1, -0.05) is 19.3 Å². The third-order valence-electron chi connectivity index (χ3n) is 2.68. The van der Waals surface area contributed by atoms with E-state index >= 15 is 0 Å². The van der Waals surface area contributed by atoms with Crippen LogP contribution in [0.3, 0.4) is 0 Å². The zero-order chi connectivity index (χ0) is 10.8. The van der Waals surface area contributed by atoms with Crippen molar-refractivity contribution in [3.05, 3.63) is 6.42 Å². The Bertz CT molecular complexity index is 219. The van der Waals surface area contributed by atoms with E-state index in [4.69, 9.17) is 5.73 Å². The molecule has 5 heteroatoms. The zero-order valence-electron chi connectivity index (χ0n) is 7.73. The van der Waals surface area contributed by atoms with E-state index in [2.05, 4.69) is 0 Å². The van der Waals surface area contributed by atoms with Crippen molar-refractivity contribution in [2.24, 2.45) is 11.1 Å². The summed E-state index contributed by atoms with van der Waals surface area (Å²) in [6.45, 7) is 0. The summed E-state index contributed by atoms with van der Waals surface area (Å²) in [5, 5.41) is 0. The van der Waals surface area contributed by atoms with Crippen LogP contribution in [0.5, 0.6) is 0 Å². The number of nitrogens with two attached hydrogens (primary N) is 1. The smallest absolute Gasteiger partial charge is 0.369 e. The molecule has 0 aromatic carbocycles. The molecule has 1 rings (SSSR count). The van der Waals surface area contributed by atoms with Crippen molar-refractivity contribution >= 4 is 5.91 Å². The van der Waals surface area contributed by atoms with Gasteiger partial charge in [-0.3, -0.25) is 4.79 Å². The predicted molar refractivity (Wildman–Crippen MR) is 45.1 cm³/mol. The predicted octanol–water partition coefficient (Wildman–Crippen LogP) is 2.19. The van der Waals surface area contributed by atoms with E-state index in [1.807, 2.05) is 0 Å². The minimum atomic E-state index is -4.42. The number of rotatable bonds is 2. The van der Waals surface area contributed by atoms with E-state index in [1.165, 1.54) is 0 Å². The lowest BCUT2D eigenvalue weighted by atomic mass is 9.71. The molecule has 1 aliphatic carbocycles. The number of carbonyl (C=O) groups is 1. The van der Waals surface area contributed by atoms with Crippen molar-refractivity contribution in [1.82, 2.24) is 0 Å². The van der Waals surface area contributed by atoms with Gasteiger partial charge in [0.05, 0.1) is 11.8 Å². The summed E-state index contributed by atoms with van der Waals surface area (Å²) in [7, 11) is 0. The van der Waals surface area contributed by atoms with Crippen molar-refractivity contribution in [2.75, 3.05) is 0 Å². The summed E-state index contributed by atoms with van der Waals surface area (Å²) >= 11 is 0. The Labute approximate surface area is 80.7 Å². The van der Waals surface area contributed by atoms with E-state index in [9.17, 15) is 18.0 Å². The second-order valence-corrected chi connectivity index (χ2v) is 3.77. The molecule has 0 unspecified atom stereocenters. The number of halogens is 3. The van der Waals surface area contributed by atoms with Gasteiger partial charge in [0.2, 0.25) is 5.91 Å². The Hall–Kier alpha value is -0.740. The highest BCUT2D eigenvalue weighted by Gasteiger charge is 2.47. The SMILES string of the molecule is NC(=O)C1([CH]C(F)(F)F)CCCCC1. The summed E-state index contributed by atoms with van der Waals surface area (Å²) in [4.78, 5) is 11.0. The molecule has 0 aromatic heterocycles. The van der Waals surface area contributed by atoms with E-state index in [1.54, 1.807) is 0 Å². The second-order valence-electron chi connectivity index (χ2n) is 3.77. The minimum absolute atomic E-state index is 0.168. The first kappa shape index (κ1) is 11.3. The molecule has 0 saturated heterocycles. The lowest BCUT2D eigenvalue weighted by molar-refractivity contribution is -0.141. The maximum atomic E-state index is 12.2. The molecule has 1 amide bonds. The van der Waals surface area contributed by atoms with Crippen molar-refractivity contribution < 1.29 is 18.0 Å². The minimum Gasteiger partial charge on any atom is -0.369 e. The summed E-state index contributed by atoms with van der Waals surface area (Å²) < 4.78 is 36.5. The van der Waals surface area contributed by atoms with Gasteiger partial charge in [0.25, 0.3) is 0 Å². The maximum absolute atomic E-state index is 12.2. The number of alkyl halides is 3. The van der Waals surface area contributed by atoms with Gasteiger partial charge in [-0.25, -0.2) is 0 Å². The van der Waals surface area contributed by atoms with Gasteiger partial charge in [0.15, 0.2) is 0 Å². The first-order valence-electron chi connectivity index (χ1n) is 4.59. The fourth-order valence-electron chi connectivity index (χ4n) is 1.96. The maximum Gasteiger partial charge on any atom is 0.393 e. The molecule has 0 bridgehead atoms. The van der Waals surface area contributed by atoms with Crippen LogP contribution in [0.4, 0.5) is 13.2 Å². The van der Waals surface area contributed by atoms with Crippen LogP contribution in [-0.2, 0) is 4.79 Å². The van der Waals surface area contributed by atoms with Crippen LogP contribution in [0, 0.1) is 11.8 Å². The van der Waals surface area contributed by atoms with Crippen molar-refractivity contribution in [2.45, 2.75) is 38.3 Å². The van der Waals surface area contributed by atoms with Crippen LogP contribution in [0.1, 0.15) is 32.1 Å². The standard InChI is InChI=1S/C9H13F3NO/c10-9(11,12)6-8(7(13)14)4-2-1-3-5-8/h6H,1-5H2,(H2,13,14). The van der Waals surface area contributed by atoms with Crippen LogP contribution in [0.15, 0.2) is 0 Å². The second kappa shape index (κ2) is 3.79. The highest BCUT2D eigenvalue weighted by molar-refractivity contribution is 5.82. The molecule has 1 radical (unpaired) electrons. The molecule has 1 fully saturated rings. The topological polar surface area (TPSA) is 43.1 Å². The van der Waals surface area contributed by atoms with Crippen LogP contribution in [0.25, 0.3) is 0 Å². The number of amides is 1. The van der Waals surface area contributed by atoms with Crippen LogP contribution in [-0.4, -0.2) is 12.1 Å². The molecule has 2 N–H and O–H groups in total. The average molecular weight is 208 g/mol. The highest BCUT2D eigenvalue weighted by Crippen LogP contribution is 2.43. The van der Waals surface area contributed by atoms with Gasteiger partial charge in [0, 0.05) is 0 Å². The van der Waals surface area contributed by atoms with Gasteiger partial charge in [-0.15, -0.1) is 0 Å². The molecular weight excluding hydrogens is 195 g/mol. The number of hydrogen-bond acceptors (Lipinski definition) is 1. The fraction of sp³-hybridized carbons (Fsp3) is 0.778. The Morgan fingerprint density at radius 2 is 1.71 bits per heavy atom. The molecule has 0 aliphatic heterocycles.